The third kappa shape index (κ3) is 63.0. The predicted octanol–water partition coefficient (Wildman–Crippen LogP) is -5.13. The Hall–Kier alpha value is 2.28. The van der Waals surface area contributed by atoms with Crippen molar-refractivity contribution in [2.24, 2.45) is 0 Å². The van der Waals surface area contributed by atoms with E-state index >= 15 is 0 Å². The summed E-state index contributed by atoms with van der Waals surface area (Å²) in [5.74, 6) is 0. The zero-order chi connectivity index (χ0) is 0. The molecule has 0 saturated carbocycles. The minimum atomic E-state index is 0. The van der Waals surface area contributed by atoms with Crippen molar-refractivity contribution in [2.75, 3.05) is 0 Å². The van der Waals surface area contributed by atoms with E-state index in [-0.39, 0.29) is 94.8 Å². The SMILES string of the molecule is O.O.O.O.[PbH2].[SnH2].[Ti]. The largest absolute Gasteiger partial charge is 0 e. The molecule has 0 spiro atoms. The Kier molecular flexibility index (Phi) is 1480. The van der Waals surface area contributed by atoms with Gasteiger partial charge in [0.25, 0.3) is 0 Å². The molecule has 0 unspecified atom stereocenters. The van der Waals surface area contributed by atoms with Crippen molar-refractivity contribution in [3.05, 3.63) is 0 Å². The van der Waals surface area contributed by atoms with Crippen LogP contribution in [0.1, 0.15) is 0 Å². The van der Waals surface area contributed by atoms with Crippen molar-refractivity contribution in [1.82, 2.24) is 0 Å². The third-order valence-electron chi connectivity index (χ3n) is 0. The Morgan fingerprint density at radius 2 is 0.571 bits per heavy atom. The fraction of sp³-hybridized carbons (Fsp3) is 0. The van der Waals surface area contributed by atoms with E-state index in [0.717, 1.165) is 0 Å². The van der Waals surface area contributed by atoms with Crippen LogP contribution in [-0.2, 0) is 21.7 Å². The molecule has 0 aliphatic heterocycles. The van der Waals surface area contributed by atoms with E-state index in [0.29, 0.717) is 0 Å². The first-order chi connectivity index (χ1) is 0. The molecule has 4 radical (unpaired) electrons. The smallest absolute Gasteiger partial charge is 0 e. The average Bonchev–Trinajstić information content (AvgIpc) is 0. The Bertz CT molecular complexity index is 11.7. The summed E-state index contributed by atoms with van der Waals surface area (Å²) in [5.41, 5.74) is 0. The molecule has 0 aromatic rings. The van der Waals surface area contributed by atoms with Crippen LogP contribution in [0.4, 0.5) is 0 Å². The Morgan fingerprint density at radius 1 is 0.571 bits per heavy atom. The van der Waals surface area contributed by atoms with E-state index in [1.807, 2.05) is 0 Å². The summed E-state index contributed by atoms with van der Waals surface area (Å²) in [6.07, 6.45) is 0. The molecule has 0 aromatic carbocycles. The van der Waals surface area contributed by atoms with Gasteiger partial charge in [-0.15, -0.1) is 0 Å². The maximum absolute atomic E-state index is 0. The number of rotatable bonds is 0. The van der Waals surface area contributed by atoms with Crippen molar-refractivity contribution < 1.29 is 43.6 Å². The zero-order valence-corrected chi connectivity index (χ0v) is 15.0. The van der Waals surface area contributed by atoms with Gasteiger partial charge in [-0.2, -0.15) is 0 Å². The fourth-order valence-electron chi connectivity index (χ4n) is 0. The molecule has 0 aromatic heterocycles. The second-order valence-corrected chi connectivity index (χ2v) is 0. The van der Waals surface area contributed by atoms with E-state index in [2.05, 4.69) is 0 Å². The van der Waals surface area contributed by atoms with Crippen LogP contribution in [0.2, 0.25) is 0 Å². The maximum atomic E-state index is 0. The predicted molar refractivity (Wildman–Crippen MR) is 31.5 cm³/mol. The molecule has 7 heavy (non-hydrogen) atoms. The van der Waals surface area contributed by atoms with Crippen LogP contribution in [0.5, 0.6) is 0 Å². The second-order valence-electron chi connectivity index (χ2n) is 0. The molecule has 48 valence electrons. The molecule has 0 saturated heterocycles. The van der Waals surface area contributed by atoms with Gasteiger partial charge >= 0.3 is 51.2 Å². The van der Waals surface area contributed by atoms with E-state index < -0.39 is 0 Å². The summed E-state index contributed by atoms with van der Waals surface area (Å²) in [4.78, 5) is 0. The van der Waals surface area contributed by atoms with Gasteiger partial charge in [-0.25, -0.2) is 0 Å². The van der Waals surface area contributed by atoms with Crippen LogP contribution in [0, 0.1) is 0 Å². The molecule has 4 nitrogen and oxygen atoms in total. The van der Waals surface area contributed by atoms with Crippen molar-refractivity contribution in [3.63, 3.8) is 0 Å². The topological polar surface area (TPSA) is 126 Å². The van der Waals surface area contributed by atoms with Gasteiger partial charge in [0.05, 0.1) is 0 Å². The summed E-state index contributed by atoms with van der Waals surface area (Å²) in [7, 11) is 0. The fourth-order valence-corrected chi connectivity index (χ4v) is 0. The molecule has 0 bridgehead atoms. The van der Waals surface area contributed by atoms with Gasteiger partial charge in [0, 0.05) is 21.7 Å². The van der Waals surface area contributed by atoms with Crippen molar-refractivity contribution in [1.29, 1.82) is 0 Å². The van der Waals surface area contributed by atoms with Crippen LogP contribution in [-0.4, -0.2) is 73.1 Å². The second kappa shape index (κ2) is 84.6. The molecule has 7 heteroatoms. The average molecular weight is 450 g/mol. The molecule has 0 rings (SSSR count). The molecule has 0 aliphatic carbocycles. The van der Waals surface area contributed by atoms with Gasteiger partial charge in [-0.05, 0) is 0 Å². The molecule has 0 heterocycles. The van der Waals surface area contributed by atoms with E-state index in [9.17, 15) is 0 Å². The van der Waals surface area contributed by atoms with E-state index in [1.165, 1.54) is 0 Å². The molecule has 0 fully saturated rings. The van der Waals surface area contributed by atoms with Gasteiger partial charge < -0.3 is 21.9 Å². The number of hydrogen-bond donors (Lipinski definition) is 0. The molecule has 0 atom stereocenters. The Labute approximate surface area is 93.7 Å². The third-order valence-corrected chi connectivity index (χ3v) is 0. The molecular formula is H12O4PbSnTi. The first-order valence-electron chi connectivity index (χ1n) is 0. The van der Waals surface area contributed by atoms with E-state index in [4.69, 9.17) is 0 Å². The minimum Gasteiger partial charge on any atom is 0 e. The van der Waals surface area contributed by atoms with Crippen LogP contribution >= 0.6 is 0 Å². The monoisotopic (exact) mass is 452 g/mol. The van der Waals surface area contributed by atoms with E-state index in [1.54, 1.807) is 0 Å². The summed E-state index contributed by atoms with van der Waals surface area (Å²) < 4.78 is 0. The van der Waals surface area contributed by atoms with Crippen molar-refractivity contribution in [3.8, 4) is 0 Å². The first kappa shape index (κ1) is 123. The molecule has 0 aliphatic rings. The van der Waals surface area contributed by atoms with Crippen LogP contribution in [0.25, 0.3) is 0 Å². The van der Waals surface area contributed by atoms with Gasteiger partial charge in [0.1, 0.15) is 0 Å². The molecule has 0 amide bonds. The summed E-state index contributed by atoms with van der Waals surface area (Å²) in [5, 5.41) is 0. The van der Waals surface area contributed by atoms with Crippen LogP contribution in [0.15, 0.2) is 0 Å². The summed E-state index contributed by atoms with van der Waals surface area (Å²) in [6, 6.07) is 0. The molecule has 8 N–H and O–H groups in total. The normalized spacial score (nSPS) is 0. The van der Waals surface area contributed by atoms with Crippen molar-refractivity contribution in [2.45, 2.75) is 0 Å². The maximum Gasteiger partial charge on any atom is 0 e. The zero-order valence-electron chi connectivity index (χ0n) is 3.91. The summed E-state index contributed by atoms with van der Waals surface area (Å²) in [6.45, 7) is 0. The Morgan fingerprint density at radius 3 is 0.571 bits per heavy atom. The van der Waals surface area contributed by atoms with Gasteiger partial charge in [-0.3, -0.25) is 0 Å². The van der Waals surface area contributed by atoms with Crippen LogP contribution < -0.4 is 0 Å². The molecular weight excluding hydrogens is 438 g/mol. The standard InChI is InChI=1S/4H2O.Pb.Sn.Ti.4H/h4*1H2;;;;;;;. The summed E-state index contributed by atoms with van der Waals surface area (Å²) >= 11 is 0. The van der Waals surface area contributed by atoms with Crippen LogP contribution in [0.3, 0.4) is 0 Å². The first-order valence-corrected chi connectivity index (χ1v) is 0. The minimum absolute atomic E-state index is 0. The van der Waals surface area contributed by atoms with Gasteiger partial charge in [0.15, 0.2) is 0 Å². The quantitative estimate of drug-likeness (QED) is 0.328. The Balaban J connectivity index is 0. The van der Waals surface area contributed by atoms with Gasteiger partial charge in [0.2, 0.25) is 0 Å². The number of hydrogen-bond acceptors (Lipinski definition) is 0. The van der Waals surface area contributed by atoms with Crippen molar-refractivity contribution >= 4 is 51.2 Å². The van der Waals surface area contributed by atoms with Gasteiger partial charge in [-0.1, -0.05) is 0 Å².